The highest BCUT2D eigenvalue weighted by Gasteiger charge is 2.30. The Kier molecular flexibility index (Phi) is 4.83. The average Bonchev–Trinajstić information content (AvgIpc) is 2.69. The van der Waals surface area contributed by atoms with Gasteiger partial charge in [0.25, 0.3) is 0 Å². The van der Waals surface area contributed by atoms with E-state index in [4.69, 9.17) is 0 Å². The van der Waals surface area contributed by atoms with Gasteiger partial charge < -0.3 is 4.90 Å². The van der Waals surface area contributed by atoms with E-state index in [0.29, 0.717) is 11.4 Å². The number of para-hydroxylation sites is 2. The molecule has 4 rings (SSSR count). The fourth-order valence-electron chi connectivity index (χ4n) is 3.87. The first kappa shape index (κ1) is 19.1. The fraction of sp³-hybridized carbons (Fsp3) is 0.154. The lowest BCUT2D eigenvalue weighted by molar-refractivity contribution is 0.527. The number of benzene rings is 4. The van der Waals surface area contributed by atoms with Crippen LogP contribution >= 0.6 is 0 Å². The van der Waals surface area contributed by atoms with Gasteiger partial charge in [0.1, 0.15) is 11.6 Å². The zero-order chi connectivity index (χ0) is 20.6. The molecule has 0 atom stereocenters. The second kappa shape index (κ2) is 7.32. The average molecular weight is 387 g/mol. The zero-order valence-corrected chi connectivity index (χ0v) is 16.8. The molecular weight excluding hydrogens is 364 g/mol. The van der Waals surface area contributed by atoms with Crippen molar-refractivity contribution in [1.29, 1.82) is 0 Å². The van der Waals surface area contributed by atoms with Crippen LogP contribution in [0.4, 0.5) is 20.2 Å². The van der Waals surface area contributed by atoms with E-state index in [-0.39, 0.29) is 11.6 Å². The molecule has 0 fully saturated rings. The molecule has 0 N–H and O–H groups in total. The van der Waals surface area contributed by atoms with Crippen LogP contribution in [0.3, 0.4) is 0 Å². The van der Waals surface area contributed by atoms with E-state index in [1.807, 2.05) is 69.3 Å². The van der Waals surface area contributed by atoms with Crippen LogP contribution in [0.15, 0.2) is 84.9 Å². The molecule has 3 heteroatoms. The molecule has 0 saturated carbocycles. The lowest BCUT2D eigenvalue weighted by atomic mass is 9.94. The van der Waals surface area contributed by atoms with Crippen LogP contribution in [0.1, 0.15) is 20.8 Å². The van der Waals surface area contributed by atoms with Crippen molar-refractivity contribution in [2.24, 2.45) is 0 Å². The third-order valence-electron chi connectivity index (χ3n) is 5.05. The van der Waals surface area contributed by atoms with E-state index < -0.39 is 5.54 Å². The second-order valence-corrected chi connectivity index (χ2v) is 8.12. The topological polar surface area (TPSA) is 3.24 Å². The summed E-state index contributed by atoms with van der Waals surface area (Å²) in [5.41, 5.74) is 1.83. The van der Waals surface area contributed by atoms with Gasteiger partial charge in [-0.1, -0.05) is 66.7 Å². The lowest BCUT2D eigenvalue weighted by Crippen LogP contribution is -2.39. The fourth-order valence-corrected chi connectivity index (χ4v) is 3.87. The van der Waals surface area contributed by atoms with Gasteiger partial charge in [-0.25, -0.2) is 8.78 Å². The van der Waals surface area contributed by atoms with Gasteiger partial charge in [-0.05, 0) is 55.3 Å². The lowest BCUT2D eigenvalue weighted by Gasteiger charge is -2.39. The minimum atomic E-state index is -0.552. The largest absolute Gasteiger partial charge is 0.331 e. The molecular formula is C26H23F2N. The number of hydrogen-bond acceptors (Lipinski definition) is 1. The van der Waals surface area contributed by atoms with E-state index in [9.17, 15) is 4.39 Å². The summed E-state index contributed by atoms with van der Waals surface area (Å²) < 4.78 is 30.2. The van der Waals surface area contributed by atoms with Gasteiger partial charge in [-0.15, -0.1) is 0 Å². The van der Waals surface area contributed by atoms with Crippen molar-refractivity contribution < 1.29 is 8.78 Å². The Labute approximate surface area is 170 Å². The molecule has 0 aliphatic carbocycles. The first-order chi connectivity index (χ1) is 13.9. The van der Waals surface area contributed by atoms with Crippen molar-refractivity contribution in [3.8, 4) is 11.1 Å². The van der Waals surface area contributed by atoms with Crippen LogP contribution in [0.5, 0.6) is 0 Å². The second-order valence-electron chi connectivity index (χ2n) is 8.12. The summed E-state index contributed by atoms with van der Waals surface area (Å²) in [7, 11) is 0. The van der Waals surface area contributed by atoms with Gasteiger partial charge >= 0.3 is 0 Å². The molecule has 0 heterocycles. The zero-order valence-electron chi connectivity index (χ0n) is 16.8. The third-order valence-corrected chi connectivity index (χ3v) is 5.05. The summed E-state index contributed by atoms with van der Waals surface area (Å²) >= 11 is 0. The van der Waals surface area contributed by atoms with Gasteiger partial charge in [0.05, 0.1) is 11.4 Å². The standard InChI is InChI=1S/C26H23F2N/c1-26(2,3)29(24-17-7-6-15-22(24)27)25-21(14-9-16-23(25)28)20-13-8-11-18-10-4-5-12-19(18)20/h4-17H,1-3H3. The summed E-state index contributed by atoms with van der Waals surface area (Å²) in [6.07, 6.45) is 0. The molecule has 1 nitrogen and oxygen atoms in total. The van der Waals surface area contributed by atoms with Crippen molar-refractivity contribution in [2.75, 3.05) is 4.90 Å². The molecule has 146 valence electrons. The Morgan fingerprint density at radius 2 is 1.21 bits per heavy atom. The maximum atomic E-state index is 15.4. The monoisotopic (exact) mass is 387 g/mol. The Morgan fingerprint density at radius 1 is 0.621 bits per heavy atom. The van der Waals surface area contributed by atoms with Crippen LogP contribution in [0.25, 0.3) is 21.9 Å². The number of halogens is 2. The van der Waals surface area contributed by atoms with Crippen molar-refractivity contribution in [1.82, 2.24) is 0 Å². The molecule has 0 aliphatic rings. The molecule has 0 amide bonds. The van der Waals surface area contributed by atoms with Gasteiger partial charge in [0.2, 0.25) is 0 Å². The normalized spacial score (nSPS) is 11.6. The third kappa shape index (κ3) is 3.49. The highest BCUT2D eigenvalue weighted by Crippen LogP contribution is 2.43. The molecule has 0 aliphatic heterocycles. The van der Waals surface area contributed by atoms with E-state index in [2.05, 4.69) is 0 Å². The van der Waals surface area contributed by atoms with Crippen molar-refractivity contribution in [2.45, 2.75) is 26.3 Å². The summed E-state index contributed by atoms with van der Waals surface area (Å²) in [6.45, 7) is 5.87. The van der Waals surface area contributed by atoms with Crippen molar-refractivity contribution in [3.63, 3.8) is 0 Å². The Bertz CT molecular complexity index is 1170. The number of rotatable bonds is 3. The van der Waals surface area contributed by atoms with Gasteiger partial charge in [-0.3, -0.25) is 0 Å². The van der Waals surface area contributed by atoms with E-state index in [1.165, 1.54) is 12.1 Å². The molecule has 0 radical (unpaired) electrons. The quantitative estimate of drug-likeness (QED) is 0.348. The predicted molar refractivity (Wildman–Crippen MR) is 118 cm³/mol. The summed E-state index contributed by atoms with van der Waals surface area (Å²) in [5.74, 6) is -0.761. The Hall–Kier alpha value is -3.20. The molecule has 0 unspecified atom stereocenters. The number of anilines is 2. The van der Waals surface area contributed by atoms with Crippen molar-refractivity contribution >= 4 is 22.1 Å². The summed E-state index contributed by atoms with van der Waals surface area (Å²) in [4.78, 5) is 1.76. The van der Waals surface area contributed by atoms with Crippen LogP contribution in [-0.4, -0.2) is 5.54 Å². The smallest absolute Gasteiger partial charge is 0.147 e. The van der Waals surface area contributed by atoms with Gasteiger partial charge in [0, 0.05) is 11.1 Å². The van der Waals surface area contributed by atoms with Gasteiger partial charge in [0.15, 0.2) is 0 Å². The molecule has 29 heavy (non-hydrogen) atoms. The first-order valence-corrected chi connectivity index (χ1v) is 9.69. The Morgan fingerprint density at radius 3 is 1.97 bits per heavy atom. The SMILES string of the molecule is CC(C)(C)N(c1ccccc1F)c1c(F)cccc1-c1cccc2ccccc12. The minimum absolute atomic E-state index is 0.353. The minimum Gasteiger partial charge on any atom is -0.331 e. The van der Waals surface area contributed by atoms with Crippen LogP contribution in [0, 0.1) is 11.6 Å². The maximum Gasteiger partial charge on any atom is 0.147 e. The number of fused-ring (bicyclic) bond motifs is 1. The van der Waals surface area contributed by atoms with E-state index in [1.54, 1.807) is 29.2 Å². The van der Waals surface area contributed by atoms with Crippen molar-refractivity contribution in [3.05, 3.63) is 96.6 Å². The first-order valence-electron chi connectivity index (χ1n) is 9.69. The molecule has 4 aromatic rings. The Balaban J connectivity index is 2.05. The molecule has 4 aromatic carbocycles. The summed E-state index contributed by atoms with van der Waals surface area (Å²) in [6, 6.07) is 25.6. The summed E-state index contributed by atoms with van der Waals surface area (Å²) in [5, 5.41) is 2.11. The van der Waals surface area contributed by atoms with E-state index >= 15 is 4.39 Å². The van der Waals surface area contributed by atoms with Crippen LogP contribution in [0.2, 0.25) is 0 Å². The number of hydrogen-bond donors (Lipinski definition) is 0. The molecule has 0 saturated heterocycles. The van der Waals surface area contributed by atoms with Gasteiger partial charge in [-0.2, -0.15) is 0 Å². The van der Waals surface area contributed by atoms with Crippen LogP contribution < -0.4 is 4.90 Å². The maximum absolute atomic E-state index is 15.4. The van der Waals surface area contributed by atoms with Crippen LogP contribution in [-0.2, 0) is 0 Å². The molecule has 0 aromatic heterocycles. The number of nitrogens with zero attached hydrogens (tertiary/aromatic N) is 1. The van der Waals surface area contributed by atoms with E-state index in [0.717, 1.165) is 21.9 Å². The molecule has 0 bridgehead atoms. The predicted octanol–water partition coefficient (Wildman–Crippen LogP) is 7.72. The molecule has 0 spiro atoms. The highest BCUT2D eigenvalue weighted by molar-refractivity contribution is 6.00. The highest BCUT2D eigenvalue weighted by atomic mass is 19.1.